The minimum atomic E-state index is -0.386. The Kier molecular flexibility index (Phi) is 6.31. The van der Waals surface area contributed by atoms with Gasteiger partial charge in [-0.3, -0.25) is 0 Å². The Morgan fingerprint density at radius 1 is 1.06 bits per heavy atom. The zero-order valence-electron chi connectivity index (χ0n) is 20.2. The van der Waals surface area contributed by atoms with E-state index in [1.807, 2.05) is 60.0 Å². The van der Waals surface area contributed by atoms with Crippen LogP contribution < -0.4 is 9.47 Å². The molecule has 7 nitrogen and oxygen atoms in total. The lowest BCUT2D eigenvalue weighted by Gasteiger charge is -2.17. The number of fused-ring (bicyclic) bond motifs is 3. The molecule has 0 spiro atoms. The van der Waals surface area contributed by atoms with Crippen molar-refractivity contribution < 1.29 is 23.5 Å². The number of aromatic nitrogens is 2. The maximum Gasteiger partial charge on any atom is 0.355 e. The van der Waals surface area contributed by atoms with Gasteiger partial charge in [0.05, 0.1) is 44.8 Å². The molecule has 1 aliphatic rings. The van der Waals surface area contributed by atoms with Gasteiger partial charge >= 0.3 is 5.97 Å². The molecule has 7 heteroatoms. The van der Waals surface area contributed by atoms with Crippen molar-refractivity contribution in [2.45, 2.75) is 32.7 Å². The van der Waals surface area contributed by atoms with E-state index in [1.54, 1.807) is 20.4 Å². The lowest BCUT2D eigenvalue weighted by Crippen LogP contribution is -2.15. The van der Waals surface area contributed by atoms with E-state index in [1.165, 1.54) is 0 Å². The molecule has 0 unspecified atom stereocenters. The van der Waals surface area contributed by atoms with E-state index < -0.39 is 0 Å². The first-order chi connectivity index (χ1) is 17.2. The van der Waals surface area contributed by atoms with E-state index in [0.29, 0.717) is 18.0 Å². The van der Waals surface area contributed by atoms with Gasteiger partial charge in [-0.1, -0.05) is 23.4 Å². The maximum absolute atomic E-state index is 13.5. The van der Waals surface area contributed by atoms with Crippen LogP contribution >= 0.6 is 0 Å². The van der Waals surface area contributed by atoms with Crippen LogP contribution in [-0.2, 0) is 24.1 Å². The number of hydrogen-bond acceptors (Lipinski definition) is 6. The van der Waals surface area contributed by atoms with Crippen molar-refractivity contribution in [3.63, 3.8) is 0 Å². The zero-order valence-corrected chi connectivity index (χ0v) is 20.2. The van der Waals surface area contributed by atoms with Crippen LogP contribution in [0.25, 0.3) is 22.6 Å². The van der Waals surface area contributed by atoms with Crippen molar-refractivity contribution in [3.8, 4) is 34.1 Å². The molecule has 0 radical (unpaired) electrons. The fourth-order valence-corrected chi connectivity index (χ4v) is 4.91. The number of carbonyl (C=O) groups is 1. The molecule has 0 atom stereocenters. The largest absolute Gasteiger partial charge is 0.497 e. The Labute approximate surface area is 204 Å². The molecule has 0 aliphatic heterocycles. The summed E-state index contributed by atoms with van der Waals surface area (Å²) in [6, 6.07) is 15.8. The highest BCUT2D eigenvalue weighted by Gasteiger charge is 2.34. The summed E-state index contributed by atoms with van der Waals surface area (Å²) in [6.07, 6.45) is 4.31. The molecule has 0 amide bonds. The predicted octanol–water partition coefficient (Wildman–Crippen LogP) is 5.54. The second-order valence-electron chi connectivity index (χ2n) is 8.43. The van der Waals surface area contributed by atoms with Crippen molar-refractivity contribution in [2.24, 2.45) is 0 Å². The molecule has 4 aromatic rings. The fourth-order valence-electron chi connectivity index (χ4n) is 4.91. The standard InChI is InChI=1S/C28H28N2O5/c1-4-34-28(31)26-24-22(10-7-9-19-16-29-35-27(19)24)25(18-12-14-21(32-2)15-13-18)30(26)17-20-8-5-6-11-23(20)33-3/h5-6,8,11-16H,4,7,9-10,17H2,1-3H3. The van der Waals surface area contributed by atoms with Gasteiger partial charge in [-0.2, -0.15) is 0 Å². The number of esters is 1. The van der Waals surface area contributed by atoms with Gasteiger partial charge in [0.25, 0.3) is 0 Å². The Bertz CT molecular complexity index is 1350. The van der Waals surface area contributed by atoms with Gasteiger partial charge in [-0.15, -0.1) is 0 Å². The summed E-state index contributed by atoms with van der Waals surface area (Å²) < 4.78 is 24.4. The van der Waals surface area contributed by atoms with Crippen LogP contribution in [0.15, 0.2) is 59.3 Å². The van der Waals surface area contributed by atoms with Gasteiger partial charge < -0.3 is 23.3 Å². The SMILES string of the molecule is CCOC(=O)c1c2c(c(-c3ccc(OC)cc3)n1Cc1ccccc1OC)CCCc1cnoc1-2. The average molecular weight is 473 g/mol. The predicted molar refractivity (Wildman–Crippen MR) is 132 cm³/mol. The van der Waals surface area contributed by atoms with Gasteiger partial charge in [-0.25, -0.2) is 4.79 Å². The Morgan fingerprint density at radius 3 is 2.60 bits per heavy atom. The lowest BCUT2D eigenvalue weighted by atomic mass is 10.00. The van der Waals surface area contributed by atoms with E-state index in [-0.39, 0.29) is 12.6 Å². The second-order valence-corrected chi connectivity index (χ2v) is 8.43. The second kappa shape index (κ2) is 9.70. The number of nitrogens with zero attached hydrogens (tertiary/aromatic N) is 2. The summed E-state index contributed by atoms with van der Waals surface area (Å²) in [5.41, 5.74) is 6.20. The van der Waals surface area contributed by atoms with Crippen LogP contribution in [-0.4, -0.2) is 36.5 Å². The zero-order chi connectivity index (χ0) is 24.4. The summed E-state index contributed by atoms with van der Waals surface area (Å²) in [7, 11) is 3.30. The molecular weight excluding hydrogens is 444 g/mol. The molecule has 0 saturated carbocycles. The van der Waals surface area contributed by atoms with Crippen molar-refractivity contribution >= 4 is 5.97 Å². The van der Waals surface area contributed by atoms with Gasteiger partial charge in [0.15, 0.2) is 5.76 Å². The monoisotopic (exact) mass is 472 g/mol. The molecule has 2 heterocycles. The van der Waals surface area contributed by atoms with Crippen molar-refractivity contribution in [1.29, 1.82) is 0 Å². The average Bonchev–Trinajstić information content (AvgIpc) is 3.42. The highest BCUT2D eigenvalue weighted by molar-refractivity contribution is 5.99. The molecule has 2 aromatic heterocycles. The molecule has 0 N–H and O–H groups in total. The lowest BCUT2D eigenvalue weighted by molar-refractivity contribution is 0.0515. The third-order valence-electron chi connectivity index (χ3n) is 6.46. The molecular formula is C28H28N2O5. The Hall–Kier alpha value is -4.00. The fraction of sp³-hybridized carbons (Fsp3) is 0.286. The van der Waals surface area contributed by atoms with Crippen LogP contribution in [0.3, 0.4) is 0 Å². The molecule has 5 rings (SSSR count). The molecule has 1 aliphatic carbocycles. The maximum atomic E-state index is 13.5. The van der Waals surface area contributed by atoms with E-state index in [0.717, 1.165) is 64.3 Å². The minimum Gasteiger partial charge on any atom is -0.497 e. The topological polar surface area (TPSA) is 75.7 Å². The summed E-state index contributed by atoms with van der Waals surface area (Å²) in [4.78, 5) is 13.5. The van der Waals surface area contributed by atoms with Crippen LogP contribution in [0, 0.1) is 0 Å². The number of hydrogen-bond donors (Lipinski definition) is 0. The first-order valence-corrected chi connectivity index (χ1v) is 11.8. The number of methoxy groups -OCH3 is 2. The highest BCUT2D eigenvalue weighted by atomic mass is 16.5. The third-order valence-corrected chi connectivity index (χ3v) is 6.46. The normalized spacial score (nSPS) is 12.4. The van der Waals surface area contributed by atoms with E-state index >= 15 is 0 Å². The number of aryl methyl sites for hydroxylation is 1. The van der Waals surface area contributed by atoms with Gasteiger partial charge in [-0.05, 0) is 67.6 Å². The summed E-state index contributed by atoms with van der Waals surface area (Å²) in [6.45, 7) is 2.51. The van der Waals surface area contributed by atoms with Crippen molar-refractivity contribution in [2.75, 3.05) is 20.8 Å². The van der Waals surface area contributed by atoms with E-state index in [9.17, 15) is 4.79 Å². The number of carbonyl (C=O) groups excluding carboxylic acids is 1. The molecule has 0 fully saturated rings. The summed E-state index contributed by atoms with van der Waals surface area (Å²) >= 11 is 0. The van der Waals surface area contributed by atoms with E-state index in [2.05, 4.69) is 5.16 Å². The Morgan fingerprint density at radius 2 is 1.86 bits per heavy atom. The highest BCUT2D eigenvalue weighted by Crippen LogP contribution is 2.44. The van der Waals surface area contributed by atoms with E-state index in [4.69, 9.17) is 18.7 Å². The molecule has 2 aromatic carbocycles. The Balaban J connectivity index is 1.82. The quantitative estimate of drug-likeness (QED) is 0.329. The van der Waals surface area contributed by atoms with Gasteiger partial charge in [0.1, 0.15) is 17.2 Å². The molecule has 0 bridgehead atoms. The number of rotatable bonds is 7. The molecule has 35 heavy (non-hydrogen) atoms. The first-order valence-electron chi connectivity index (χ1n) is 11.8. The molecule has 180 valence electrons. The first kappa shape index (κ1) is 22.8. The third kappa shape index (κ3) is 4.07. The number of benzene rings is 2. The van der Waals surface area contributed by atoms with Crippen molar-refractivity contribution in [3.05, 3.63) is 77.1 Å². The van der Waals surface area contributed by atoms with Gasteiger partial charge in [0, 0.05) is 11.1 Å². The van der Waals surface area contributed by atoms with Crippen molar-refractivity contribution in [1.82, 2.24) is 9.72 Å². The van der Waals surface area contributed by atoms with Gasteiger partial charge in [0.2, 0.25) is 0 Å². The minimum absolute atomic E-state index is 0.272. The summed E-state index contributed by atoms with van der Waals surface area (Å²) in [5, 5.41) is 4.06. The smallest absolute Gasteiger partial charge is 0.355 e. The number of ether oxygens (including phenoxy) is 3. The molecule has 0 saturated heterocycles. The van der Waals surface area contributed by atoms with Crippen LogP contribution in [0.1, 0.15) is 40.5 Å². The number of para-hydroxylation sites is 1. The van der Waals surface area contributed by atoms with Crippen LogP contribution in [0.4, 0.5) is 0 Å². The van der Waals surface area contributed by atoms with Crippen LogP contribution in [0.2, 0.25) is 0 Å². The summed E-state index contributed by atoms with van der Waals surface area (Å²) in [5.74, 6) is 1.79. The van der Waals surface area contributed by atoms with Crippen LogP contribution in [0.5, 0.6) is 11.5 Å².